The van der Waals surface area contributed by atoms with Crippen molar-refractivity contribution >= 4 is 23.9 Å². The molecule has 216 valence electrons. The van der Waals surface area contributed by atoms with E-state index < -0.39 is 11.7 Å². The number of carbonyl (C=O) groups is 3. The van der Waals surface area contributed by atoms with Crippen LogP contribution in [0.3, 0.4) is 0 Å². The zero-order valence-electron chi connectivity index (χ0n) is 24.2. The number of aromatic nitrogens is 2. The number of likely N-dealkylation sites (N-methyl/N-ethyl adjacent to an activating group) is 1. The first-order chi connectivity index (χ1) is 19.1. The van der Waals surface area contributed by atoms with Crippen LogP contribution in [0.1, 0.15) is 58.4 Å². The Morgan fingerprint density at radius 3 is 2.33 bits per heavy atom. The summed E-state index contributed by atoms with van der Waals surface area (Å²) in [4.78, 5) is 52.2. The molecular weight excluding hydrogens is 508 g/mol. The number of hydrogen-bond acceptors (Lipinski definition) is 7. The van der Waals surface area contributed by atoms with E-state index in [-0.39, 0.29) is 18.4 Å². The average molecular weight is 551 g/mol. The fraction of sp³-hybridized carbons (Fsp3) is 0.567. The molecule has 2 aliphatic rings. The number of nitrogens with zero attached hydrogens (tertiary/aromatic N) is 5. The minimum atomic E-state index is -0.620. The molecule has 10 heteroatoms. The van der Waals surface area contributed by atoms with Gasteiger partial charge in [0.15, 0.2) is 0 Å². The third kappa shape index (κ3) is 8.16. The van der Waals surface area contributed by atoms with Gasteiger partial charge in [0.05, 0.1) is 0 Å². The number of alkyl carbamates (subject to hydrolysis) is 1. The van der Waals surface area contributed by atoms with E-state index in [1.165, 1.54) is 6.42 Å². The van der Waals surface area contributed by atoms with E-state index in [0.29, 0.717) is 18.4 Å². The molecule has 4 rings (SSSR count). The third-order valence-corrected chi connectivity index (χ3v) is 7.32. The van der Waals surface area contributed by atoms with Crippen LogP contribution in [0.25, 0.3) is 11.1 Å². The standard InChI is InChI=1S/C30H42N6O4/c1-30(2,3)40-29(39)33-20-26(37)34(4)21-22-9-8-10-24(17-22)25-18-31-28(32-19-25)36-15-11-23(12-16-36)27(38)35-13-6-5-7-14-35/h8-10,17-19,23H,5-7,11-16,20-21H2,1-4H3,(H,33,39). The Kier molecular flexibility index (Phi) is 9.60. The minimum absolute atomic E-state index is 0.106. The SMILES string of the molecule is CN(Cc1cccc(-c2cnc(N3CCC(C(=O)N4CCCCC4)CC3)nc2)c1)C(=O)CNC(=O)OC(C)(C)C. The van der Waals surface area contributed by atoms with Crippen molar-refractivity contribution in [3.8, 4) is 11.1 Å². The van der Waals surface area contributed by atoms with Crippen LogP contribution >= 0.6 is 0 Å². The van der Waals surface area contributed by atoms with Gasteiger partial charge in [-0.05, 0) is 70.1 Å². The fourth-order valence-corrected chi connectivity index (χ4v) is 5.14. The lowest BCUT2D eigenvalue weighted by Crippen LogP contribution is -2.44. The van der Waals surface area contributed by atoms with Crippen molar-refractivity contribution in [1.29, 1.82) is 0 Å². The molecule has 0 aliphatic carbocycles. The molecular formula is C30H42N6O4. The highest BCUT2D eigenvalue weighted by molar-refractivity contribution is 5.82. The van der Waals surface area contributed by atoms with Crippen LogP contribution in [0.15, 0.2) is 36.7 Å². The molecule has 2 aliphatic heterocycles. The summed E-state index contributed by atoms with van der Waals surface area (Å²) >= 11 is 0. The summed E-state index contributed by atoms with van der Waals surface area (Å²) in [6, 6.07) is 7.91. The number of likely N-dealkylation sites (tertiary alicyclic amines) is 1. The van der Waals surface area contributed by atoms with E-state index in [0.717, 1.165) is 68.6 Å². The molecule has 1 N–H and O–H groups in total. The maximum atomic E-state index is 12.9. The number of anilines is 1. The summed E-state index contributed by atoms with van der Waals surface area (Å²) < 4.78 is 5.18. The lowest BCUT2D eigenvalue weighted by Gasteiger charge is -2.35. The normalized spacial score (nSPS) is 16.4. The Balaban J connectivity index is 1.28. The Morgan fingerprint density at radius 1 is 1.00 bits per heavy atom. The molecule has 1 aromatic carbocycles. The van der Waals surface area contributed by atoms with Crippen molar-refractivity contribution in [3.63, 3.8) is 0 Å². The fourth-order valence-electron chi connectivity index (χ4n) is 5.14. The van der Waals surface area contributed by atoms with Crippen molar-refractivity contribution in [3.05, 3.63) is 42.2 Å². The minimum Gasteiger partial charge on any atom is -0.444 e. The van der Waals surface area contributed by atoms with Gasteiger partial charge in [-0.1, -0.05) is 18.2 Å². The van der Waals surface area contributed by atoms with Gasteiger partial charge >= 0.3 is 6.09 Å². The van der Waals surface area contributed by atoms with Gasteiger partial charge in [0, 0.05) is 63.6 Å². The molecule has 0 bridgehead atoms. The molecule has 10 nitrogen and oxygen atoms in total. The van der Waals surface area contributed by atoms with Crippen LogP contribution < -0.4 is 10.2 Å². The Hall–Kier alpha value is -3.69. The summed E-state index contributed by atoms with van der Waals surface area (Å²) in [5, 5.41) is 2.51. The van der Waals surface area contributed by atoms with Crippen molar-refractivity contribution in [2.24, 2.45) is 5.92 Å². The summed E-state index contributed by atoms with van der Waals surface area (Å²) in [5.41, 5.74) is 2.18. The second-order valence-corrected chi connectivity index (χ2v) is 11.7. The molecule has 2 saturated heterocycles. The number of ether oxygens (including phenoxy) is 1. The van der Waals surface area contributed by atoms with E-state index in [1.54, 1.807) is 32.7 Å². The monoisotopic (exact) mass is 550 g/mol. The number of piperidine rings is 2. The largest absolute Gasteiger partial charge is 0.444 e. The number of amides is 3. The first kappa shape index (κ1) is 29.3. The lowest BCUT2D eigenvalue weighted by molar-refractivity contribution is -0.137. The topological polar surface area (TPSA) is 108 Å². The molecule has 3 amide bonds. The number of hydrogen-bond donors (Lipinski definition) is 1. The number of benzene rings is 1. The van der Waals surface area contributed by atoms with Gasteiger partial charge in [-0.15, -0.1) is 0 Å². The van der Waals surface area contributed by atoms with Crippen LogP contribution in [-0.4, -0.2) is 83.0 Å². The number of nitrogens with one attached hydrogen (secondary N) is 1. The van der Waals surface area contributed by atoms with Gasteiger partial charge < -0.3 is 24.8 Å². The van der Waals surface area contributed by atoms with Gasteiger partial charge in [-0.25, -0.2) is 14.8 Å². The predicted octanol–water partition coefficient (Wildman–Crippen LogP) is 3.86. The van der Waals surface area contributed by atoms with Gasteiger partial charge in [0.1, 0.15) is 12.1 Å². The smallest absolute Gasteiger partial charge is 0.408 e. The van der Waals surface area contributed by atoms with Crippen LogP contribution in [-0.2, 0) is 20.9 Å². The highest BCUT2D eigenvalue weighted by atomic mass is 16.6. The highest BCUT2D eigenvalue weighted by Gasteiger charge is 2.30. The molecule has 40 heavy (non-hydrogen) atoms. The van der Waals surface area contributed by atoms with Crippen LogP contribution in [0.4, 0.5) is 10.7 Å². The van der Waals surface area contributed by atoms with Crippen LogP contribution in [0.5, 0.6) is 0 Å². The van der Waals surface area contributed by atoms with Gasteiger partial charge in [-0.3, -0.25) is 9.59 Å². The van der Waals surface area contributed by atoms with Crippen molar-refractivity contribution in [2.45, 2.75) is 65.0 Å². The Bertz CT molecular complexity index is 1170. The van der Waals surface area contributed by atoms with Crippen molar-refractivity contribution in [2.75, 3.05) is 44.7 Å². The van der Waals surface area contributed by atoms with Crippen LogP contribution in [0, 0.1) is 5.92 Å². The second kappa shape index (κ2) is 13.1. The maximum Gasteiger partial charge on any atom is 0.408 e. The van der Waals surface area contributed by atoms with E-state index >= 15 is 0 Å². The molecule has 0 spiro atoms. The molecule has 1 aromatic heterocycles. The third-order valence-electron chi connectivity index (χ3n) is 7.32. The zero-order valence-corrected chi connectivity index (χ0v) is 24.2. The van der Waals surface area contributed by atoms with Crippen molar-refractivity contribution < 1.29 is 19.1 Å². The van der Waals surface area contributed by atoms with Crippen LogP contribution in [0.2, 0.25) is 0 Å². The van der Waals surface area contributed by atoms with Gasteiger partial charge in [0.25, 0.3) is 0 Å². The molecule has 0 atom stereocenters. The summed E-state index contributed by atoms with van der Waals surface area (Å²) in [7, 11) is 1.70. The molecule has 0 saturated carbocycles. The lowest BCUT2D eigenvalue weighted by atomic mass is 9.94. The summed E-state index contributed by atoms with van der Waals surface area (Å²) in [5.74, 6) is 0.897. The first-order valence-electron chi connectivity index (χ1n) is 14.2. The average Bonchev–Trinajstić information content (AvgIpc) is 2.95. The molecule has 2 fully saturated rings. The molecule has 0 radical (unpaired) electrons. The second-order valence-electron chi connectivity index (χ2n) is 11.7. The molecule has 2 aromatic rings. The highest BCUT2D eigenvalue weighted by Crippen LogP contribution is 2.25. The zero-order chi connectivity index (χ0) is 28.7. The number of rotatable bonds is 7. The Labute approximate surface area is 237 Å². The van der Waals surface area contributed by atoms with E-state index in [4.69, 9.17) is 4.74 Å². The van der Waals surface area contributed by atoms with E-state index in [2.05, 4.69) is 25.1 Å². The van der Waals surface area contributed by atoms with E-state index in [1.807, 2.05) is 36.7 Å². The first-order valence-corrected chi connectivity index (χ1v) is 14.2. The quantitative estimate of drug-likeness (QED) is 0.558. The predicted molar refractivity (Wildman–Crippen MR) is 154 cm³/mol. The van der Waals surface area contributed by atoms with Crippen molar-refractivity contribution in [1.82, 2.24) is 25.1 Å². The van der Waals surface area contributed by atoms with Gasteiger partial charge in [0.2, 0.25) is 17.8 Å². The summed E-state index contributed by atoms with van der Waals surface area (Å²) in [6.45, 7) is 8.95. The molecule has 0 unspecified atom stereocenters. The number of carbonyl (C=O) groups excluding carboxylic acids is 3. The van der Waals surface area contributed by atoms with E-state index in [9.17, 15) is 14.4 Å². The Morgan fingerprint density at radius 2 is 1.68 bits per heavy atom. The summed E-state index contributed by atoms with van der Waals surface area (Å²) in [6.07, 6.45) is 8.18. The van der Waals surface area contributed by atoms with Gasteiger partial charge in [-0.2, -0.15) is 0 Å². The maximum absolute atomic E-state index is 12.9. The molecule has 3 heterocycles.